The molecule has 1 aromatic carbocycles. The van der Waals surface area contributed by atoms with Gasteiger partial charge in [0.2, 0.25) is 5.91 Å². The molecule has 0 saturated carbocycles. The Labute approximate surface area is 164 Å². The second-order valence-electron chi connectivity index (χ2n) is 7.41. The number of nitrogens with one attached hydrogen (secondary N) is 1. The smallest absolute Gasteiger partial charge is 0.237 e. The van der Waals surface area contributed by atoms with Crippen LogP contribution in [0.4, 0.5) is 0 Å². The Balaban J connectivity index is 0.00000625. The van der Waals surface area contributed by atoms with E-state index in [1.165, 1.54) is 0 Å². The molecule has 3 N–H and O–H groups in total. The maximum atomic E-state index is 12.2. The Morgan fingerprint density at radius 2 is 1.77 bits per heavy atom. The maximum absolute atomic E-state index is 12.2. The number of rotatable bonds is 10. The fourth-order valence-electron chi connectivity index (χ4n) is 2.50. The van der Waals surface area contributed by atoms with Gasteiger partial charge in [0.25, 0.3) is 0 Å². The van der Waals surface area contributed by atoms with Crippen LogP contribution in [0, 0.1) is 11.8 Å². The fraction of sp³-hybridized carbons (Fsp3) is 0.650. The number of hydrogen-bond acceptors (Lipinski definition) is 4. The first kappa shape index (κ1) is 24.5. The molecule has 5 nitrogen and oxygen atoms in total. The van der Waals surface area contributed by atoms with Gasteiger partial charge in [-0.2, -0.15) is 0 Å². The molecule has 1 unspecified atom stereocenters. The van der Waals surface area contributed by atoms with E-state index in [0.717, 1.165) is 17.7 Å². The van der Waals surface area contributed by atoms with E-state index < -0.39 is 6.04 Å². The molecule has 0 heterocycles. The summed E-state index contributed by atoms with van der Waals surface area (Å²) in [6, 6.07) is 5.12. The van der Waals surface area contributed by atoms with Crippen molar-refractivity contribution in [2.75, 3.05) is 13.7 Å². The predicted molar refractivity (Wildman–Crippen MR) is 109 cm³/mol. The number of hydrogen-bond donors (Lipinski definition) is 2. The van der Waals surface area contributed by atoms with Gasteiger partial charge < -0.3 is 20.5 Å². The average Bonchev–Trinajstić information content (AvgIpc) is 2.53. The molecule has 0 aliphatic heterocycles. The van der Waals surface area contributed by atoms with Crippen LogP contribution in [0.15, 0.2) is 18.2 Å². The molecule has 0 fully saturated rings. The molecule has 0 radical (unpaired) electrons. The molecule has 0 bridgehead atoms. The molecule has 150 valence electrons. The number of benzene rings is 1. The second kappa shape index (κ2) is 12.0. The number of nitrogens with two attached hydrogens (primary N) is 1. The molecule has 1 rings (SSSR count). The third-order valence-corrected chi connectivity index (χ3v) is 4.06. The number of ether oxygens (including phenoxy) is 2. The number of carbonyl (C=O) groups is 1. The Morgan fingerprint density at radius 1 is 1.12 bits per heavy atom. The first-order valence-electron chi connectivity index (χ1n) is 9.11. The predicted octanol–water partition coefficient (Wildman–Crippen LogP) is 4.09. The minimum Gasteiger partial charge on any atom is -0.493 e. The highest BCUT2D eigenvalue weighted by Gasteiger charge is 2.18. The molecular formula is C20H35ClN2O3. The lowest BCUT2D eigenvalue weighted by Crippen LogP contribution is -2.42. The molecule has 1 amide bonds. The molecular weight excluding hydrogens is 352 g/mol. The summed E-state index contributed by atoms with van der Waals surface area (Å²) < 4.78 is 11.2. The van der Waals surface area contributed by atoms with Gasteiger partial charge in [0.1, 0.15) is 0 Å². The molecule has 26 heavy (non-hydrogen) atoms. The van der Waals surface area contributed by atoms with Crippen LogP contribution in [-0.4, -0.2) is 25.7 Å². The Bertz CT molecular complexity index is 550. The van der Waals surface area contributed by atoms with Crippen molar-refractivity contribution in [2.45, 2.75) is 59.5 Å². The summed E-state index contributed by atoms with van der Waals surface area (Å²) in [6.45, 7) is 11.0. The zero-order chi connectivity index (χ0) is 19.0. The number of carbonyl (C=O) groups excluding carboxylic acids is 1. The van der Waals surface area contributed by atoms with Gasteiger partial charge >= 0.3 is 0 Å². The molecule has 0 aliphatic carbocycles. The van der Waals surface area contributed by atoms with E-state index in [1.54, 1.807) is 7.11 Å². The molecule has 1 aromatic rings. The van der Waals surface area contributed by atoms with E-state index in [-0.39, 0.29) is 24.4 Å². The van der Waals surface area contributed by atoms with Crippen molar-refractivity contribution < 1.29 is 14.3 Å². The molecule has 6 heteroatoms. The van der Waals surface area contributed by atoms with Gasteiger partial charge in [-0.15, -0.1) is 12.4 Å². The largest absolute Gasteiger partial charge is 0.493 e. The van der Waals surface area contributed by atoms with Gasteiger partial charge in [-0.3, -0.25) is 4.79 Å². The topological polar surface area (TPSA) is 73.6 Å². The summed E-state index contributed by atoms with van der Waals surface area (Å²) in [6.07, 6.45) is 1.66. The second-order valence-corrected chi connectivity index (χ2v) is 7.41. The summed E-state index contributed by atoms with van der Waals surface area (Å²) in [5.74, 6) is 2.25. The zero-order valence-electron chi connectivity index (χ0n) is 16.9. The quantitative estimate of drug-likeness (QED) is 0.635. The molecule has 0 saturated heterocycles. The van der Waals surface area contributed by atoms with Crippen LogP contribution in [0.3, 0.4) is 0 Å². The van der Waals surface area contributed by atoms with Crippen LogP contribution in [0.2, 0.25) is 0 Å². The Kier molecular flexibility index (Phi) is 11.3. The van der Waals surface area contributed by atoms with Crippen LogP contribution in [0.25, 0.3) is 0 Å². The third-order valence-electron chi connectivity index (χ3n) is 4.06. The molecule has 2 atom stereocenters. The third kappa shape index (κ3) is 8.28. The van der Waals surface area contributed by atoms with Crippen LogP contribution < -0.4 is 20.5 Å². The Morgan fingerprint density at radius 3 is 2.31 bits per heavy atom. The highest BCUT2D eigenvalue weighted by atomic mass is 35.5. The van der Waals surface area contributed by atoms with Gasteiger partial charge in [0.05, 0.1) is 25.8 Å². The van der Waals surface area contributed by atoms with Crippen LogP contribution >= 0.6 is 12.4 Å². The van der Waals surface area contributed by atoms with E-state index in [2.05, 4.69) is 33.0 Å². The van der Waals surface area contributed by atoms with E-state index >= 15 is 0 Å². The average molecular weight is 387 g/mol. The lowest BCUT2D eigenvalue weighted by Gasteiger charge is -2.20. The zero-order valence-corrected chi connectivity index (χ0v) is 17.7. The highest BCUT2D eigenvalue weighted by molar-refractivity contribution is 5.85. The van der Waals surface area contributed by atoms with E-state index in [1.807, 2.05) is 25.1 Å². The summed E-state index contributed by atoms with van der Waals surface area (Å²) in [5.41, 5.74) is 6.90. The lowest BCUT2D eigenvalue weighted by atomic mass is 10.0. The normalized spacial score (nSPS) is 13.1. The van der Waals surface area contributed by atoms with Crippen molar-refractivity contribution in [3.8, 4) is 11.5 Å². The molecule has 0 aromatic heterocycles. The monoisotopic (exact) mass is 386 g/mol. The summed E-state index contributed by atoms with van der Waals surface area (Å²) in [7, 11) is 1.62. The van der Waals surface area contributed by atoms with E-state index in [4.69, 9.17) is 15.2 Å². The minimum absolute atomic E-state index is 0. The van der Waals surface area contributed by atoms with Gasteiger partial charge in [0.15, 0.2) is 11.5 Å². The number of amides is 1. The van der Waals surface area contributed by atoms with Crippen molar-refractivity contribution in [3.05, 3.63) is 23.8 Å². The van der Waals surface area contributed by atoms with E-state index in [0.29, 0.717) is 30.6 Å². The Hall–Kier alpha value is -1.46. The minimum atomic E-state index is -0.483. The fourth-order valence-corrected chi connectivity index (χ4v) is 2.50. The van der Waals surface area contributed by atoms with Crippen molar-refractivity contribution in [3.63, 3.8) is 0 Å². The number of halogens is 1. The van der Waals surface area contributed by atoms with Crippen LogP contribution in [0.1, 0.15) is 59.1 Å². The SMILES string of the molecule is COc1cc(C(C)NC(=O)[C@@H](N)CC(C)C)ccc1OCCC(C)C.Cl. The van der Waals surface area contributed by atoms with Gasteiger partial charge in [0, 0.05) is 0 Å². The lowest BCUT2D eigenvalue weighted by molar-refractivity contribution is -0.123. The van der Waals surface area contributed by atoms with Crippen LogP contribution in [-0.2, 0) is 4.79 Å². The van der Waals surface area contributed by atoms with Crippen molar-refractivity contribution in [1.29, 1.82) is 0 Å². The summed E-state index contributed by atoms with van der Waals surface area (Å²) in [4.78, 5) is 12.2. The first-order chi connectivity index (χ1) is 11.7. The van der Waals surface area contributed by atoms with Crippen molar-refractivity contribution in [2.24, 2.45) is 17.6 Å². The summed E-state index contributed by atoms with van der Waals surface area (Å²) >= 11 is 0. The standard InChI is InChI=1S/C20H34N2O3.ClH/c1-13(2)9-10-25-18-8-7-16(12-19(18)24-6)15(5)22-20(23)17(21)11-14(3)4;/h7-8,12-15,17H,9-11,21H2,1-6H3,(H,22,23);1H/t15?,17-;/m0./s1. The van der Waals surface area contributed by atoms with Gasteiger partial charge in [-0.25, -0.2) is 0 Å². The van der Waals surface area contributed by atoms with Crippen molar-refractivity contribution in [1.82, 2.24) is 5.32 Å². The van der Waals surface area contributed by atoms with Gasteiger partial charge in [-0.05, 0) is 49.3 Å². The van der Waals surface area contributed by atoms with Crippen molar-refractivity contribution >= 4 is 18.3 Å². The molecule has 0 aliphatic rings. The highest BCUT2D eigenvalue weighted by Crippen LogP contribution is 2.30. The maximum Gasteiger partial charge on any atom is 0.237 e. The summed E-state index contributed by atoms with van der Waals surface area (Å²) in [5, 5.41) is 2.97. The first-order valence-corrected chi connectivity index (χ1v) is 9.11. The van der Waals surface area contributed by atoms with Gasteiger partial charge in [-0.1, -0.05) is 33.8 Å². The molecule has 0 spiro atoms. The number of methoxy groups -OCH3 is 1. The van der Waals surface area contributed by atoms with Crippen LogP contribution in [0.5, 0.6) is 11.5 Å². The van der Waals surface area contributed by atoms with E-state index in [9.17, 15) is 4.79 Å².